The second-order valence-corrected chi connectivity index (χ2v) is 5.53. The number of hydrogen-bond donors (Lipinski definition) is 2. The van der Waals surface area contributed by atoms with Crippen LogP contribution in [0.5, 0.6) is 5.75 Å². The van der Waals surface area contributed by atoms with Crippen LogP contribution in [0, 0.1) is 0 Å². The predicted octanol–water partition coefficient (Wildman–Crippen LogP) is 3.26. The molecule has 0 saturated heterocycles. The Morgan fingerprint density at radius 3 is 2.70 bits per heavy atom. The first-order valence-electron chi connectivity index (χ1n) is 6.57. The van der Waals surface area contributed by atoms with E-state index in [1.807, 2.05) is 0 Å². The van der Waals surface area contributed by atoms with E-state index in [1.54, 1.807) is 32.9 Å². The number of anilines is 1. The van der Waals surface area contributed by atoms with Gasteiger partial charge in [-0.3, -0.25) is 5.32 Å². The number of hydrogen-bond acceptors (Lipinski definition) is 4. The number of amides is 1. The van der Waals surface area contributed by atoms with Crippen molar-refractivity contribution in [1.29, 1.82) is 0 Å². The summed E-state index contributed by atoms with van der Waals surface area (Å²) in [5, 5.41) is 12.2. The number of carbonyl (C=O) groups excluding carboxylic acids is 2. The van der Waals surface area contributed by atoms with Crippen LogP contribution in [0.4, 0.5) is 10.5 Å². The van der Waals surface area contributed by atoms with Gasteiger partial charge in [-0.1, -0.05) is 0 Å². The monoisotopic (exact) mass is 279 g/mol. The van der Waals surface area contributed by atoms with Crippen molar-refractivity contribution in [3.05, 3.63) is 23.8 Å². The average molecular weight is 279 g/mol. The molecular formula is C15H21NO4. The van der Waals surface area contributed by atoms with Crippen molar-refractivity contribution in [1.82, 2.24) is 0 Å². The van der Waals surface area contributed by atoms with Crippen LogP contribution in [-0.4, -0.2) is 23.1 Å². The molecule has 0 atom stereocenters. The number of benzene rings is 1. The van der Waals surface area contributed by atoms with Crippen molar-refractivity contribution in [2.45, 2.75) is 45.6 Å². The van der Waals surface area contributed by atoms with Gasteiger partial charge in [-0.15, -0.1) is 0 Å². The summed E-state index contributed by atoms with van der Waals surface area (Å²) in [4.78, 5) is 22.1. The number of rotatable bonds is 5. The minimum atomic E-state index is -0.571. The summed E-state index contributed by atoms with van der Waals surface area (Å²) in [5.41, 5.74) is 0.791. The molecule has 110 valence electrons. The molecular weight excluding hydrogens is 258 g/mol. The van der Waals surface area contributed by atoms with Crippen molar-refractivity contribution in [2.24, 2.45) is 0 Å². The number of ether oxygens (including phenoxy) is 1. The maximum absolute atomic E-state index is 11.7. The summed E-state index contributed by atoms with van der Waals surface area (Å²) in [7, 11) is 0. The van der Waals surface area contributed by atoms with Gasteiger partial charge in [0.05, 0.1) is 0 Å². The summed E-state index contributed by atoms with van der Waals surface area (Å²) >= 11 is 0. The van der Waals surface area contributed by atoms with Crippen LogP contribution in [-0.2, 0) is 16.0 Å². The van der Waals surface area contributed by atoms with Gasteiger partial charge in [-0.05, 0) is 57.4 Å². The molecule has 0 aliphatic heterocycles. The van der Waals surface area contributed by atoms with Gasteiger partial charge in [0.25, 0.3) is 0 Å². The summed E-state index contributed by atoms with van der Waals surface area (Å²) in [6, 6.07) is 4.70. The van der Waals surface area contributed by atoms with Crippen LogP contribution in [0.3, 0.4) is 0 Å². The molecule has 1 aromatic rings. The zero-order chi connectivity index (χ0) is 15.2. The summed E-state index contributed by atoms with van der Waals surface area (Å²) in [5.74, 6) is 0.126. The Hall–Kier alpha value is -2.04. The molecule has 2 N–H and O–H groups in total. The Labute approximate surface area is 118 Å². The van der Waals surface area contributed by atoms with Crippen molar-refractivity contribution < 1.29 is 19.4 Å². The predicted molar refractivity (Wildman–Crippen MR) is 77.0 cm³/mol. The number of phenols is 1. The molecule has 0 spiro atoms. The van der Waals surface area contributed by atoms with Gasteiger partial charge in [0.2, 0.25) is 0 Å². The molecule has 5 heteroatoms. The second-order valence-electron chi connectivity index (χ2n) is 5.53. The number of phenolic OH excluding ortho intramolecular Hbond substituents is 1. The number of carbonyl (C=O) groups is 2. The molecule has 0 bridgehead atoms. The Kier molecular flexibility index (Phi) is 5.55. The van der Waals surface area contributed by atoms with E-state index >= 15 is 0 Å². The van der Waals surface area contributed by atoms with E-state index in [4.69, 9.17) is 4.74 Å². The standard InChI is InChI=1S/C15H21NO4/c1-15(2,3)20-14(19)16-13-8-7-12(18)10-11(13)6-4-5-9-17/h7-10,18H,4-6H2,1-3H3,(H,16,19). The van der Waals surface area contributed by atoms with Gasteiger partial charge in [-0.2, -0.15) is 0 Å². The summed E-state index contributed by atoms with van der Waals surface area (Å²) in [6.45, 7) is 5.36. The van der Waals surface area contributed by atoms with Gasteiger partial charge in [0.1, 0.15) is 17.6 Å². The van der Waals surface area contributed by atoms with E-state index in [9.17, 15) is 14.7 Å². The number of nitrogens with one attached hydrogen (secondary N) is 1. The normalized spacial score (nSPS) is 10.9. The smallest absolute Gasteiger partial charge is 0.412 e. The van der Waals surface area contributed by atoms with E-state index in [0.717, 1.165) is 11.8 Å². The highest BCUT2D eigenvalue weighted by Crippen LogP contribution is 2.23. The Bertz CT molecular complexity index is 477. The molecule has 0 aliphatic carbocycles. The number of aldehydes is 1. The average Bonchev–Trinajstić information content (AvgIpc) is 2.30. The van der Waals surface area contributed by atoms with Gasteiger partial charge >= 0.3 is 6.09 Å². The van der Waals surface area contributed by atoms with Crippen LogP contribution in [0.15, 0.2) is 18.2 Å². The lowest BCUT2D eigenvalue weighted by Gasteiger charge is -2.20. The molecule has 5 nitrogen and oxygen atoms in total. The van der Waals surface area contributed by atoms with Crippen LogP contribution in [0.1, 0.15) is 39.2 Å². The molecule has 0 radical (unpaired) electrons. The Morgan fingerprint density at radius 1 is 1.40 bits per heavy atom. The summed E-state index contributed by atoms with van der Waals surface area (Å²) < 4.78 is 5.18. The van der Waals surface area contributed by atoms with Crippen LogP contribution in [0.25, 0.3) is 0 Å². The minimum absolute atomic E-state index is 0.126. The topological polar surface area (TPSA) is 75.6 Å². The first-order valence-corrected chi connectivity index (χ1v) is 6.57. The lowest BCUT2D eigenvalue weighted by Crippen LogP contribution is -2.27. The van der Waals surface area contributed by atoms with Crippen molar-refractivity contribution in [3.8, 4) is 5.75 Å². The third-order valence-corrected chi connectivity index (χ3v) is 2.49. The zero-order valence-corrected chi connectivity index (χ0v) is 12.1. The number of aromatic hydroxyl groups is 1. The second kappa shape index (κ2) is 6.93. The van der Waals surface area contributed by atoms with Gasteiger partial charge in [-0.25, -0.2) is 4.79 Å². The molecule has 0 heterocycles. The first kappa shape index (κ1) is 16.0. The number of aryl methyl sites for hydroxylation is 1. The van der Waals surface area contributed by atoms with Gasteiger partial charge < -0.3 is 14.6 Å². The molecule has 0 unspecified atom stereocenters. The van der Waals surface area contributed by atoms with E-state index in [-0.39, 0.29) is 5.75 Å². The maximum Gasteiger partial charge on any atom is 0.412 e. The first-order chi connectivity index (χ1) is 9.31. The highest BCUT2D eigenvalue weighted by Gasteiger charge is 2.17. The Balaban J connectivity index is 2.77. The maximum atomic E-state index is 11.7. The van der Waals surface area contributed by atoms with E-state index < -0.39 is 11.7 Å². The zero-order valence-electron chi connectivity index (χ0n) is 12.1. The Morgan fingerprint density at radius 2 is 2.10 bits per heavy atom. The molecule has 0 aliphatic rings. The fourth-order valence-corrected chi connectivity index (χ4v) is 1.70. The van der Waals surface area contributed by atoms with E-state index in [2.05, 4.69) is 5.32 Å². The summed E-state index contributed by atoms with van der Waals surface area (Å²) in [6.07, 6.45) is 2.01. The molecule has 0 aromatic heterocycles. The molecule has 0 fully saturated rings. The highest BCUT2D eigenvalue weighted by atomic mass is 16.6. The molecule has 0 saturated carbocycles. The fraction of sp³-hybridized carbons (Fsp3) is 0.467. The molecule has 1 aromatic carbocycles. The quantitative estimate of drug-likeness (QED) is 0.493. The third-order valence-electron chi connectivity index (χ3n) is 2.49. The fourth-order valence-electron chi connectivity index (χ4n) is 1.70. The minimum Gasteiger partial charge on any atom is -0.508 e. The van der Waals surface area contributed by atoms with Crippen molar-refractivity contribution >= 4 is 18.1 Å². The lowest BCUT2D eigenvalue weighted by atomic mass is 10.1. The SMILES string of the molecule is CC(C)(C)OC(=O)Nc1ccc(O)cc1CCCC=O. The number of unbranched alkanes of at least 4 members (excludes halogenated alkanes) is 1. The van der Waals surface area contributed by atoms with Crippen molar-refractivity contribution in [2.75, 3.05) is 5.32 Å². The van der Waals surface area contributed by atoms with E-state index in [0.29, 0.717) is 24.9 Å². The van der Waals surface area contributed by atoms with Crippen LogP contribution in [0.2, 0.25) is 0 Å². The van der Waals surface area contributed by atoms with Gasteiger partial charge in [0, 0.05) is 12.1 Å². The van der Waals surface area contributed by atoms with Crippen LogP contribution < -0.4 is 5.32 Å². The van der Waals surface area contributed by atoms with Crippen molar-refractivity contribution in [3.63, 3.8) is 0 Å². The van der Waals surface area contributed by atoms with E-state index in [1.165, 1.54) is 6.07 Å². The third kappa shape index (κ3) is 5.73. The van der Waals surface area contributed by atoms with Gasteiger partial charge in [0.15, 0.2) is 0 Å². The molecule has 20 heavy (non-hydrogen) atoms. The lowest BCUT2D eigenvalue weighted by molar-refractivity contribution is -0.107. The molecule has 1 amide bonds. The molecule has 1 rings (SSSR count). The highest BCUT2D eigenvalue weighted by molar-refractivity contribution is 5.86. The largest absolute Gasteiger partial charge is 0.508 e. The van der Waals surface area contributed by atoms with Crippen LogP contribution >= 0.6 is 0 Å².